The Bertz CT molecular complexity index is 3800. The van der Waals surface area contributed by atoms with Crippen LogP contribution in [0.2, 0.25) is 0 Å². The SMILES string of the molecule is O=C(CCCCCN1C(=O)CCC1=O)NCCC(=O)Nc1cc(COC(=O)Nc2ccc(Cc3ncnc4c3ncn4[C@@H]3O[C@@H]4COP(O)(=S)O[C@H]5[C@@H](F)[C@H](n6ccc(=O)[nH]c6=O)O[C@@H]5COP(=O)(O)O[C@H]4[C@H]3F)cc2)ccc1O[C@H]1O[C@@H](C(=O)O)[C@H](O)[C@@H](O)[C@@H]1O. The van der Waals surface area contributed by atoms with Crippen LogP contribution in [0.4, 0.5) is 25.0 Å². The van der Waals surface area contributed by atoms with Crippen LogP contribution < -0.4 is 31.9 Å². The molecule has 5 fully saturated rings. The number of amides is 5. The molecule has 0 bridgehead atoms. The van der Waals surface area contributed by atoms with Crippen LogP contribution in [0.3, 0.4) is 0 Å². The van der Waals surface area contributed by atoms with Crippen molar-refractivity contribution >= 4 is 84.6 Å². The van der Waals surface area contributed by atoms with Crippen molar-refractivity contribution in [1.82, 2.24) is 39.3 Å². The van der Waals surface area contributed by atoms with Crippen LogP contribution in [0.25, 0.3) is 11.2 Å². The highest BCUT2D eigenvalue weighted by Gasteiger charge is 2.55. The number of phosphoric ester groups is 1. The van der Waals surface area contributed by atoms with Crippen LogP contribution in [-0.2, 0) is 90.4 Å². The molecule has 0 spiro atoms. The second kappa shape index (κ2) is 28.8. The van der Waals surface area contributed by atoms with Gasteiger partial charge in [-0.3, -0.25) is 61.9 Å². The minimum Gasteiger partial charge on any atom is -0.479 e. The number of carboxylic acid groups (broad SMARTS) is 1. The van der Waals surface area contributed by atoms with Crippen LogP contribution >= 0.6 is 14.5 Å². The van der Waals surface area contributed by atoms with Crippen LogP contribution in [0, 0.1) is 0 Å². The zero-order chi connectivity index (χ0) is 65.8. The summed E-state index contributed by atoms with van der Waals surface area (Å²) in [5, 5.41) is 48.6. The summed E-state index contributed by atoms with van der Waals surface area (Å²) in [6, 6.07) is 11.3. The number of rotatable bonds is 20. The van der Waals surface area contributed by atoms with E-state index in [0.717, 1.165) is 16.8 Å². The third kappa shape index (κ3) is 15.9. The van der Waals surface area contributed by atoms with Crippen molar-refractivity contribution in [2.45, 2.75) is 138 Å². The molecule has 2 aromatic carbocycles. The molecule has 0 aliphatic carbocycles. The first-order chi connectivity index (χ1) is 43.8. The van der Waals surface area contributed by atoms with E-state index >= 15 is 8.78 Å². The second-order valence-electron chi connectivity index (χ2n) is 21.5. The Morgan fingerprint density at radius 3 is 2.16 bits per heavy atom. The molecule has 3 aromatic heterocycles. The van der Waals surface area contributed by atoms with Crippen molar-refractivity contribution in [3.8, 4) is 5.75 Å². The van der Waals surface area contributed by atoms with Crippen molar-refractivity contribution in [2.24, 2.45) is 0 Å². The summed E-state index contributed by atoms with van der Waals surface area (Å²) in [5.74, 6) is -3.34. The molecule has 10 rings (SSSR count). The van der Waals surface area contributed by atoms with E-state index in [9.17, 15) is 73.1 Å². The Morgan fingerprint density at radius 1 is 0.772 bits per heavy atom. The first-order valence-corrected chi connectivity index (χ1v) is 32.4. The average Bonchev–Trinajstić information content (AvgIpc) is 1.60. The van der Waals surface area contributed by atoms with E-state index in [1.165, 1.54) is 35.8 Å². The number of halogens is 2. The second-order valence-corrected chi connectivity index (χ2v) is 25.7. The predicted molar refractivity (Wildman–Crippen MR) is 307 cm³/mol. The molecule has 34 nitrogen and oxygen atoms in total. The first kappa shape index (κ1) is 67.4. The number of aromatic nitrogens is 6. The summed E-state index contributed by atoms with van der Waals surface area (Å²) in [6.07, 6.45) is -20.8. The maximum absolute atomic E-state index is 16.7. The highest BCUT2D eigenvalue weighted by molar-refractivity contribution is 8.07. The molecule has 92 heavy (non-hydrogen) atoms. The van der Waals surface area contributed by atoms with E-state index in [1.807, 2.05) is 4.98 Å². The number of anilines is 2. The fourth-order valence-corrected chi connectivity index (χ4v) is 12.9. The van der Waals surface area contributed by atoms with E-state index in [4.69, 9.17) is 53.6 Å². The number of phosphoric acid groups is 1. The fourth-order valence-electron chi connectivity index (χ4n) is 10.5. The lowest BCUT2D eigenvalue weighted by atomic mass is 9.99. The smallest absolute Gasteiger partial charge is 0.472 e. The molecular weight excluding hydrogens is 1290 g/mol. The Hall–Kier alpha value is -7.45. The lowest BCUT2D eigenvalue weighted by Crippen LogP contribution is -2.61. The van der Waals surface area contributed by atoms with Gasteiger partial charge in [-0.2, -0.15) is 0 Å². The summed E-state index contributed by atoms with van der Waals surface area (Å²) in [4.78, 5) is 136. The van der Waals surface area contributed by atoms with Crippen molar-refractivity contribution in [1.29, 1.82) is 0 Å². The molecule has 5 aliphatic heterocycles. The number of nitrogens with one attached hydrogen (secondary N) is 4. The van der Waals surface area contributed by atoms with Crippen LogP contribution in [0.1, 0.15) is 74.2 Å². The van der Waals surface area contributed by atoms with Gasteiger partial charge in [0.05, 0.1) is 30.9 Å². The van der Waals surface area contributed by atoms with E-state index in [0.29, 0.717) is 35.1 Å². The van der Waals surface area contributed by atoms with E-state index in [2.05, 4.69) is 30.9 Å². The molecule has 39 heteroatoms. The van der Waals surface area contributed by atoms with Gasteiger partial charge in [0, 0.05) is 63.1 Å². The number of H-pyrrole nitrogens is 1. The number of aliphatic hydroxyl groups is 3. The summed E-state index contributed by atoms with van der Waals surface area (Å²) >= 11 is 5.14. The minimum atomic E-state index is -5.29. The largest absolute Gasteiger partial charge is 0.479 e. The number of unbranched alkanes of at least 4 members (excludes halogenated alkanes) is 2. The summed E-state index contributed by atoms with van der Waals surface area (Å²) < 4.78 is 97.1. The highest BCUT2D eigenvalue weighted by Crippen LogP contribution is 2.54. The fraction of sp³-hybridized carbons (Fsp3) is 0.491. The van der Waals surface area contributed by atoms with Crippen LogP contribution in [0.15, 0.2) is 77.0 Å². The molecule has 5 saturated heterocycles. The molecule has 0 radical (unpaired) electrons. The summed E-state index contributed by atoms with van der Waals surface area (Å²) in [5.41, 5.74) is -0.265. The quantitative estimate of drug-likeness (QED) is 0.0292. The predicted octanol–water partition coefficient (Wildman–Crippen LogP) is 0.747. The van der Waals surface area contributed by atoms with Gasteiger partial charge in [0.25, 0.3) is 5.56 Å². The number of carboxylic acids is 1. The third-order valence-corrected chi connectivity index (χ3v) is 17.7. The molecule has 5 amide bonds. The van der Waals surface area contributed by atoms with E-state index < -0.39 is 144 Å². The van der Waals surface area contributed by atoms with Gasteiger partial charge in [0.2, 0.25) is 29.9 Å². The van der Waals surface area contributed by atoms with E-state index in [1.54, 1.807) is 24.3 Å². The number of likely N-dealkylation sites (tertiary alicyclic amines) is 1. The van der Waals surface area contributed by atoms with Crippen LogP contribution in [-0.4, -0.2) is 194 Å². The van der Waals surface area contributed by atoms with Gasteiger partial charge in [0.1, 0.15) is 66.9 Å². The number of carbonyl (C=O) groups is 6. The Balaban J connectivity index is 0.742. The number of aliphatic hydroxyl groups excluding tert-OH is 3. The standard InChI is InChI=1S/C53H60F2N10O24P2S/c54-38-44-32(22-83-91(80,92)89-45-31(21-82-90(78,79)88-44)84-48(39(45)55)64-17-14-35(68)62-52(64)76)85-49(38)65-24-59-40-29(57-23-58-47(40)65)18-25-5-8-27(9-6-25)60-53(77)81-20-26-7-10-30(86-51-43(73)41(71)42(72)46(87-51)50(74)75)28(19-26)61-34(67)13-15-56-33(66)4-2-1-3-16-63-36(69)11-12-37(63)70/h5-10,14,17,19,23-24,31-32,38-39,41-46,48-49,51,71-73H,1-4,11-13,15-16,18,20-22H2,(H,56,66)(H,60,77)(H,61,67)(H,74,75)(H,78,79)(H,80,92)(H,62,68,76)/t31-,32-,38-,39-,41-,42-,43+,44-,45-,46-,48-,49-,51+,91?/m1/s1. The van der Waals surface area contributed by atoms with Gasteiger partial charge >= 0.3 is 32.3 Å². The number of benzene rings is 2. The molecule has 10 N–H and O–H groups in total. The van der Waals surface area contributed by atoms with Crippen molar-refractivity contribution in [3.63, 3.8) is 0 Å². The molecule has 8 heterocycles. The maximum Gasteiger partial charge on any atom is 0.472 e. The molecule has 15 atom stereocenters. The molecule has 5 aromatic rings. The monoisotopic (exact) mass is 1350 g/mol. The molecular formula is C53H60F2N10O24P2S. The van der Waals surface area contributed by atoms with E-state index in [-0.39, 0.29) is 96.8 Å². The zero-order valence-corrected chi connectivity index (χ0v) is 50.4. The third-order valence-electron chi connectivity index (χ3n) is 15.1. The van der Waals surface area contributed by atoms with Crippen molar-refractivity contribution < 1.29 is 114 Å². The zero-order valence-electron chi connectivity index (χ0n) is 47.8. The maximum atomic E-state index is 16.7. The van der Waals surface area contributed by atoms with Gasteiger partial charge in [-0.15, -0.1) is 0 Å². The normalized spacial score (nSPS) is 30.0. The highest BCUT2D eigenvalue weighted by atomic mass is 32.5. The number of hydrogen-bond acceptors (Lipinski definition) is 25. The number of alkyl halides is 2. The first-order valence-electron chi connectivity index (χ1n) is 28.3. The topological polar surface area (TPSA) is 462 Å². The lowest BCUT2D eigenvalue weighted by molar-refractivity contribution is -0.271. The van der Waals surface area contributed by atoms with Crippen molar-refractivity contribution in [3.05, 3.63) is 105 Å². The number of nitrogens with zero attached hydrogens (tertiary/aromatic N) is 6. The molecule has 496 valence electrons. The number of ether oxygens (including phenoxy) is 5. The molecule has 0 saturated carbocycles. The Kier molecular flexibility index (Phi) is 21.1. The number of carbonyl (C=O) groups excluding carboxylic acids is 5. The number of imidazole rings is 1. The molecule has 5 aliphatic rings. The average molecular weight is 1350 g/mol. The molecule has 2 unspecified atom stereocenters. The summed E-state index contributed by atoms with van der Waals surface area (Å²) in [6.45, 7) is -6.56. The lowest BCUT2D eigenvalue weighted by Gasteiger charge is -2.38. The van der Waals surface area contributed by atoms with Gasteiger partial charge < -0.3 is 69.1 Å². The number of hydrogen-bond donors (Lipinski definition) is 10. The Labute approximate surface area is 521 Å². The number of aliphatic carboxylic acids is 1. The Morgan fingerprint density at radius 2 is 1.46 bits per heavy atom. The van der Waals surface area contributed by atoms with Gasteiger partial charge in [0.15, 0.2) is 36.6 Å². The van der Waals surface area contributed by atoms with Gasteiger partial charge in [-0.05, 0) is 60.0 Å². The minimum absolute atomic E-state index is 0.0368. The number of fused-ring (bicyclic) bond motifs is 3. The van der Waals surface area contributed by atoms with Gasteiger partial charge in [-0.25, -0.2) is 42.7 Å². The van der Waals surface area contributed by atoms with Gasteiger partial charge in [-0.1, -0.05) is 24.6 Å². The number of aromatic amines is 1. The van der Waals surface area contributed by atoms with Crippen molar-refractivity contribution in [2.75, 3.05) is 36.9 Å². The summed E-state index contributed by atoms with van der Waals surface area (Å²) in [7, 11) is -5.29. The number of imide groups is 1. The van der Waals surface area contributed by atoms with Crippen LogP contribution in [0.5, 0.6) is 5.75 Å².